The molecule has 0 radical (unpaired) electrons. The SMILES string of the molecule is C[C@@H](OC(=O)/C(C#N)=C/c1ccco1)C(=O)N(C)c1ccccc1. The van der Waals surface area contributed by atoms with Crippen LogP contribution in [0.25, 0.3) is 6.08 Å². The van der Waals surface area contributed by atoms with Gasteiger partial charge in [0.25, 0.3) is 5.91 Å². The molecule has 1 aromatic heterocycles. The average Bonchev–Trinajstić information content (AvgIpc) is 3.12. The van der Waals surface area contributed by atoms with E-state index in [4.69, 9.17) is 14.4 Å². The fourth-order valence-corrected chi connectivity index (χ4v) is 1.98. The summed E-state index contributed by atoms with van der Waals surface area (Å²) in [6, 6.07) is 14.0. The summed E-state index contributed by atoms with van der Waals surface area (Å²) in [5, 5.41) is 9.08. The van der Waals surface area contributed by atoms with Crippen molar-refractivity contribution in [3.63, 3.8) is 0 Å². The number of ether oxygens (including phenoxy) is 1. The number of rotatable bonds is 5. The summed E-state index contributed by atoms with van der Waals surface area (Å²) in [6.45, 7) is 1.46. The number of amides is 1. The predicted octanol–water partition coefficient (Wildman–Crippen LogP) is 2.78. The lowest BCUT2D eigenvalue weighted by molar-refractivity contribution is -0.149. The molecule has 0 aliphatic rings. The quantitative estimate of drug-likeness (QED) is 0.480. The number of hydrogen-bond donors (Lipinski definition) is 0. The van der Waals surface area contributed by atoms with Crippen LogP contribution in [-0.2, 0) is 14.3 Å². The molecule has 2 rings (SSSR count). The summed E-state index contributed by atoms with van der Waals surface area (Å²) < 4.78 is 10.1. The maximum atomic E-state index is 12.3. The third kappa shape index (κ3) is 4.11. The first-order valence-electron chi connectivity index (χ1n) is 7.22. The van der Waals surface area contributed by atoms with Crippen molar-refractivity contribution < 1.29 is 18.7 Å². The van der Waals surface area contributed by atoms with Gasteiger partial charge in [0, 0.05) is 18.8 Å². The molecule has 122 valence electrons. The van der Waals surface area contributed by atoms with Crippen molar-refractivity contribution in [2.75, 3.05) is 11.9 Å². The van der Waals surface area contributed by atoms with Gasteiger partial charge in [-0.2, -0.15) is 5.26 Å². The van der Waals surface area contributed by atoms with E-state index in [1.807, 2.05) is 6.07 Å². The van der Waals surface area contributed by atoms with E-state index in [2.05, 4.69) is 0 Å². The van der Waals surface area contributed by atoms with E-state index in [-0.39, 0.29) is 5.57 Å². The van der Waals surface area contributed by atoms with E-state index in [9.17, 15) is 9.59 Å². The molecule has 24 heavy (non-hydrogen) atoms. The fourth-order valence-electron chi connectivity index (χ4n) is 1.98. The van der Waals surface area contributed by atoms with Crippen LogP contribution >= 0.6 is 0 Å². The average molecular weight is 324 g/mol. The molecule has 0 N–H and O–H groups in total. The van der Waals surface area contributed by atoms with Crippen LogP contribution in [0.3, 0.4) is 0 Å². The van der Waals surface area contributed by atoms with Gasteiger partial charge in [0.05, 0.1) is 6.26 Å². The number of carbonyl (C=O) groups excluding carboxylic acids is 2. The Morgan fingerprint density at radius 3 is 2.54 bits per heavy atom. The van der Waals surface area contributed by atoms with Gasteiger partial charge in [-0.05, 0) is 31.2 Å². The van der Waals surface area contributed by atoms with Gasteiger partial charge in [0.1, 0.15) is 17.4 Å². The standard InChI is InChI=1S/C18H16N2O4/c1-13(17(21)20(2)15-7-4-3-5-8-15)24-18(22)14(12-19)11-16-9-6-10-23-16/h3-11,13H,1-2H3/b14-11+/t13-/m1/s1. The van der Waals surface area contributed by atoms with E-state index in [0.29, 0.717) is 11.4 Å². The monoisotopic (exact) mass is 324 g/mol. The van der Waals surface area contributed by atoms with Crippen molar-refractivity contribution in [2.24, 2.45) is 0 Å². The Hall–Kier alpha value is -3.33. The maximum Gasteiger partial charge on any atom is 0.349 e. The summed E-state index contributed by atoms with van der Waals surface area (Å²) in [4.78, 5) is 25.8. The molecule has 0 saturated carbocycles. The fraction of sp³-hybridized carbons (Fsp3) is 0.167. The first-order chi connectivity index (χ1) is 11.5. The first-order valence-corrected chi connectivity index (χ1v) is 7.22. The van der Waals surface area contributed by atoms with Crippen LogP contribution in [0.15, 0.2) is 58.7 Å². The molecule has 1 amide bonds. The van der Waals surface area contributed by atoms with Gasteiger partial charge < -0.3 is 14.1 Å². The minimum Gasteiger partial charge on any atom is -0.465 e. The molecule has 6 heteroatoms. The number of furan rings is 1. The number of nitrogens with zero attached hydrogens (tertiary/aromatic N) is 2. The second-order valence-corrected chi connectivity index (χ2v) is 4.97. The van der Waals surface area contributed by atoms with Gasteiger partial charge in [0.15, 0.2) is 6.10 Å². The molecular weight excluding hydrogens is 308 g/mol. The van der Waals surface area contributed by atoms with Crippen LogP contribution in [0, 0.1) is 11.3 Å². The molecule has 0 aliphatic heterocycles. The van der Waals surface area contributed by atoms with E-state index < -0.39 is 18.0 Å². The summed E-state index contributed by atoms with van der Waals surface area (Å²) >= 11 is 0. The van der Waals surface area contributed by atoms with Crippen molar-refractivity contribution in [2.45, 2.75) is 13.0 Å². The van der Waals surface area contributed by atoms with Crippen LogP contribution in [0.4, 0.5) is 5.69 Å². The van der Waals surface area contributed by atoms with Gasteiger partial charge in [-0.15, -0.1) is 0 Å². The molecule has 0 bridgehead atoms. The van der Waals surface area contributed by atoms with Gasteiger partial charge in [-0.1, -0.05) is 18.2 Å². The first kappa shape index (κ1) is 17.0. The Morgan fingerprint density at radius 1 is 1.25 bits per heavy atom. The van der Waals surface area contributed by atoms with Gasteiger partial charge >= 0.3 is 5.97 Å². The zero-order valence-electron chi connectivity index (χ0n) is 13.3. The van der Waals surface area contributed by atoms with Gasteiger partial charge in [-0.3, -0.25) is 4.79 Å². The number of nitriles is 1. The topological polar surface area (TPSA) is 83.5 Å². The number of para-hydroxylation sites is 1. The second kappa shape index (κ2) is 7.79. The Bertz CT molecular complexity index is 773. The van der Waals surface area contributed by atoms with Gasteiger partial charge in [0.2, 0.25) is 0 Å². The smallest absolute Gasteiger partial charge is 0.349 e. The zero-order valence-corrected chi connectivity index (χ0v) is 13.3. The van der Waals surface area contributed by atoms with Crippen molar-refractivity contribution in [1.82, 2.24) is 0 Å². The summed E-state index contributed by atoms with van der Waals surface area (Å²) in [7, 11) is 1.59. The minimum atomic E-state index is -1.03. The number of likely N-dealkylation sites (N-methyl/N-ethyl adjacent to an activating group) is 1. The largest absolute Gasteiger partial charge is 0.465 e. The molecule has 0 saturated heterocycles. The highest BCUT2D eigenvalue weighted by Gasteiger charge is 2.24. The van der Waals surface area contributed by atoms with Crippen LogP contribution in [0.2, 0.25) is 0 Å². The summed E-state index contributed by atoms with van der Waals surface area (Å²) in [5.74, 6) is -0.926. The third-order valence-corrected chi connectivity index (χ3v) is 3.28. The molecule has 1 aromatic carbocycles. The highest BCUT2D eigenvalue weighted by molar-refractivity contribution is 6.01. The highest BCUT2D eigenvalue weighted by Crippen LogP contribution is 2.14. The zero-order chi connectivity index (χ0) is 17.5. The molecule has 0 unspecified atom stereocenters. The lowest BCUT2D eigenvalue weighted by Crippen LogP contribution is -2.37. The Labute approximate surface area is 139 Å². The predicted molar refractivity (Wildman–Crippen MR) is 87.7 cm³/mol. The lowest BCUT2D eigenvalue weighted by atomic mass is 10.2. The van der Waals surface area contributed by atoms with Crippen molar-refractivity contribution in [3.8, 4) is 6.07 Å². The van der Waals surface area contributed by atoms with Crippen molar-refractivity contribution >= 4 is 23.6 Å². The highest BCUT2D eigenvalue weighted by atomic mass is 16.5. The summed E-state index contributed by atoms with van der Waals surface area (Å²) in [5.41, 5.74) is 0.434. The van der Waals surface area contributed by atoms with Gasteiger partial charge in [-0.25, -0.2) is 4.79 Å². The van der Waals surface area contributed by atoms with Crippen LogP contribution < -0.4 is 4.90 Å². The van der Waals surface area contributed by atoms with Crippen LogP contribution in [0.1, 0.15) is 12.7 Å². The van der Waals surface area contributed by atoms with E-state index >= 15 is 0 Å². The number of esters is 1. The molecule has 1 atom stereocenters. The molecule has 2 aromatic rings. The molecule has 0 aliphatic carbocycles. The second-order valence-electron chi connectivity index (χ2n) is 4.97. The third-order valence-electron chi connectivity index (χ3n) is 3.28. The molecule has 0 spiro atoms. The lowest BCUT2D eigenvalue weighted by Gasteiger charge is -2.21. The number of carbonyl (C=O) groups is 2. The number of benzene rings is 1. The van der Waals surface area contributed by atoms with Crippen LogP contribution in [-0.4, -0.2) is 25.0 Å². The number of hydrogen-bond acceptors (Lipinski definition) is 5. The van der Waals surface area contributed by atoms with Crippen molar-refractivity contribution in [3.05, 3.63) is 60.1 Å². The van der Waals surface area contributed by atoms with E-state index in [1.54, 1.807) is 49.5 Å². The van der Waals surface area contributed by atoms with Crippen LogP contribution in [0.5, 0.6) is 0 Å². The normalized spacial score (nSPS) is 12.1. The molecular formula is C18H16N2O4. The molecule has 0 fully saturated rings. The minimum absolute atomic E-state index is 0.244. The molecule has 6 nitrogen and oxygen atoms in total. The Balaban J connectivity index is 2.05. The summed E-state index contributed by atoms with van der Waals surface area (Å²) in [6.07, 6.45) is 1.66. The van der Waals surface area contributed by atoms with E-state index in [1.165, 1.54) is 24.2 Å². The number of anilines is 1. The Kier molecular flexibility index (Phi) is 5.53. The van der Waals surface area contributed by atoms with Crippen molar-refractivity contribution in [1.29, 1.82) is 5.26 Å². The maximum absolute atomic E-state index is 12.3. The van der Waals surface area contributed by atoms with E-state index in [0.717, 1.165) is 0 Å². The molecule has 1 heterocycles. The Morgan fingerprint density at radius 2 is 1.96 bits per heavy atom.